The Hall–Kier alpha value is -1.95. The smallest absolute Gasteiger partial charge is 0.261 e. The van der Waals surface area contributed by atoms with E-state index in [4.69, 9.17) is 0 Å². The Kier molecular flexibility index (Phi) is 3.57. The largest absolute Gasteiger partial charge is 0.364 e. The molecule has 2 rings (SSSR count). The van der Waals surface area contributed by atoms with Crippen LogP contribution in [0.5, 0.6) is 0 Å². The van der Waals surface area contributed by atoms with Gasteiger partial charge in [-0.25, -0.2) is 4.98 Å². The van der Waals surface area contributed by atoms with E-state index in [1.807, 2.05) is 0 Å². The van der Waals surface area contributed by atoms with Gasteiger partial charge in [0.25, 0.3) is 5.91 Å². The number of nitrogens with one attached hydrogen (secondary N) is 2. The first-order valence-corrected chi connectivity index (χ1v) is 5.98. The minimum Gasteiger partial charge on any atom is -0.364 e. The molecule has 2 N–H and O–H groups in total. The number of aryl methyl sites for hydroxylation is 1. The molecule has 0 spiro atoms. The lowest BCUT2D eigenvalue weighted by molar-refractivity contribution is 0.102. The Balaban J connectivity index is 2.22. The number of aromatic amines is 1. The minimum absolute atomic E-state index is 0.0727. The maximum atomic E-state index is 11.9. The van der Waals surface area contributed by atoms with Gasteiger partial charge in [0.05, 0.1) is 11.9 Å². The molecule has 0 fully saturated rings. The van der Waals surface area contributed by atoms with E-state index in [0.717, 1.165) is 0 Å². The third kappa shape index (κ3) is 2.84. The lowest BCUT2D eigenvalue weighted by atomic mass is 10.2. The number of nitrogens with zero attached hydrogens (tertiary/aromatic N) is 1. The molecule has 0 unspecified atom stereocenters. The molecule has 0 aliphatic heterocycles. The third-order valence-electron chi connectivity index (χ3n) is 2.29. The molecule has 6 heteroatoms. The van der Waals surface area contributed by atoms with Crippen molar-refractivity contribution in [1.82, 2.24) is 9.97 Å². The second kappa shape index (κ2) is 5.14. The Labute approximate surface area is 111 Å². The van der Waals surface area contributed by atoms with Crippen LogP contribution in [0.15, 0.2) is 40.0 Å². The van der Waals surface area contributed by atoms with E-state index in [9.17, 15) is 9.59 Å². The van der Waals surface area contributed by atoms with Gasteiger partial charge < -0.3 is 10.3 Å². The van der Waals surface area contributed by atoms with Crippen LogP contribution in [0.25, 0.3) is 0 Å². The van der Waals surface area contributed by atoms with E-state index in [1.54, 1.807) is 19.1 Å². The van der Waals surface area contributed by atoms with Gasteiger partial charge >= 0.3 is 0 Å². The first-order chi connectivity index (χ1) is 8.56. The molecular formula is C12H10BrN3O2. The van der Waals surface area contributed by atoms with Crippen LogP contribution in [0.1, 0.15) is 16.1 Å². The van der Waals surface area contributed by atoms with Crippen LogP contribution in [-0.4, -0.2) is 15.9 Å². The van der Waals surface area contributed by atoms with Crippen LogP contribution in [0, 0.1) is 6.92 Å². The first-order valence-electron chi connectivity index (χ1n) is 5.18. The predicted molar refractivity (Wildman–Crippen MR) is 71.7 cm³/mol. The van der Waals surface area contributed by atoms with E-state index >= 15 is 0 Å². The Morgan fingerprint density at radius 2 is 2.22 bits per heavy atom. The van der Waals surface area contributed by atoms with Gasteiger partial charge in [-0.2, -0.15) is 0 Å². The molecule has 0 aliphatic carbocycles. The number of carbonyl (C=O) groups excluding carboxylic acids is 1. The summed E-state index contributed by atoms with van der Waals surface area (Å²) in [5.74, 6) is -0.458. The quantitative estimate of drug-likeness (QED) is 0.834. The summed E-state index contributed by atoms with van der Waals surface area (Å²) in [5, 5.41) is 2.60. The molecule has 0 saturated heterocycles. The van der Waals surface area contributed by atoms with Crippen molar-refractivity contribution >= 4 is 27.5 Å². The van der Waals surface area contributed by atoms with Crippen LogP contribution in [0.4, 0.5) is 5.69 Å². The van der Waals surface area contributed by atoms with E-state index < -0.39 is 5.91 Å². The van der Waals surface area contributed by atoms with Crippen molar-refractivity contribution in [3.8, 4) is 0 Å². The van der Waals surface area contributed by atoms with Gasteiger partial charge in [0.15, 0.2) is 5.43 Å². The second-order valence-electron chi connectivity index (χ2n) is 3.72. The first kappa shape index (κ1) is 12.5. The number of anilines is 1. The molecule has 0 saturated carbocycles. The van der Waals surface area contributed by atoms with Crippen LogP contribution in [0.2, 0.25) is 0 Å². The zero-order valence-electron chi connectivity index (χ0n) is 9.53. The summed E-state index contributed by atoms with van der Waals surface area (Å²) < 4.78 is 0.675. The summed E-state index contributed by atoms with van der Waals surface area (Å²) in [6.07, 6.45) is 2.91. The standard InChI is InChI=1S/C12H10BrN3O2/c1-7-4-10(17)9(6-14-7)12(18)16-8-2-3-11(13)15-5-8/h2-6H,1H3,(H,14,17)(H,16,18). The monoisotopic (exact) mass is 307 g/mol. The molecule has 2 aromatic heterocycles. The van der Waals surface area contributed by atoms with Crippen LogP contribution in [-0.2, 0) is 0 Å². The lowest BCUT2D eigenvalue weighted by Crippen LogP contribution is -2.21. The molecule has 0 bridgehead atoms. The highest BCUT2D eigenvalue weighted by atomic mass is 79.9. The van der Waals surface area contributed by atoms with E-state index in [-0.39, 0.29) is 11.0 Å². The number of carbonyl (C=O) groups is 1. The van der Waals surface area contributed by atoms with Gasteiger partial charge in [0.1, 0.15) is 10.2 Å². The van der Waals surface area contributed by atoms with E-state index in [2.05, 4.69) is 31.2 Å². The zero-order chi connectivity index (χ0) is 13.1. The molecule has 18 heavy (non-hydrogen) atoms. The maximum Gasteiger partial charge on any atom is 0.261 e. The number of hydrogen-bond donors (Lipinski definition) is 2. The Bertz CT molecular complexity index is 635. The highest BCUT2D eigenvalue weighted by Crippen LogP contribution is 2.11. The number of H-pyrrole nitrogens is 1. The van der Waals surface area contributed by atoms with Gasteiger partial charge in [-0.05, 0) is 35.0 Å². The Morgan fingerprint density at radius 1 is 1.44 bits per heavy atom. The van der Waals surface area contributed by atoms with Crippen molar-refractivity contribution in [1.29, 1.82) is 0 Å². The van der Waals surface area contributed by atoms with Gasteiger partial charge in [-0.3, -0.25) is 9.59 Å². The van der Waals surface area contributed by atoms with Crippen molar-refractivity contribution in [2.45, 2.75) is 6.92 Å². The number of rotatable bonds is 2. The molecule has 0 radical (unpaired) electrons. The summed E-state index contributed by atoms with van der Waals surface area (Å²) in [6.45, 7) is 1.75. The fraction of sp³-hybridized carbons (Fsp3) is 0.0833. The molecule has 1 amide bonds. The normalized spacial score (nSPS) is 10.1. The molecule has 0 aromatic carbocycles. The van der Waals surface area contributed by atoms with Crippen molar-refractivity contribution in [2.24, 2.45) is 0 Å². The van der Waals surface area contributed by atoms with E-state index in [0.29, 0.717) is 16.0 Å². The number of hydrogen-bond acceptors (Lipinski definition) is 3. The molecule has 92 valence electrons. The van der Waals surface area contributed by atoms with Gasteiger partial charge in [-0.15, -0.1) is 0 Å². The van der Waals surface area contributed by atoms with E-state index in [1.165, 1.54) is 18.5 Å². The number of amides is 1. The van der Waals surface area contributed by atoms with Gasteiger partial charge in [-0.1, -0.05) is 0 Å². The van der Waals surface area contributed by atoms with Crippen LogP contribution < -0.4 is 10.7 Å². The lowest BCUT2D eigenvalue weighted by Gasteiger charge is -2.04. The predicted octanol–water partition coefficient (Wildman–Crippen LogP) is 2.09. The molecular weight excluding hydrogens is 298 g/mol. The fourth-order valence-corrected chi connectivity index (χ4v) is 1.63. The summed E-state index contributed by atoms with van der Waals surface area (Å²) >= 11 is 3.20. The second-order valence-corrected chi connectivity index (χ2v) is 4.53. The zero-order valence-corrected chi connectivity index (χ0v) is 11.1. The molecule has 0 aliphatic rings. The average molecular weight is 308 g/mol. The molecule has 2 heterocycles. The molecule has 5 nitrogen and oxygen atoms in total. The van der Waals surface area contributed by atoms with Crippen molar-refractivity contribution in [3.05, 3.63) is 56.7 Å². The number of halogens is 1. The summed E-state index contributed by atoms with van der Waals surface area (Å²) in [6, 6.07) is 4.78. The number of aromatic nitrogens is 2. The van der Waals surface area contributed by atoms with Gasteiger partial charge in [0.2, 0.25) is 0 Å². The average Bonchev–Trinajstić information content (AvgIpc) is 2.32. The van der Waals surface area contributed by atoms with Crippen molar-refractivity contribution in [3.63, 3.8) is 0 Å². The van der Waals surface area contributed by atoms with Crippen LogP contribution >= 0.6 is 15.9 Å². The SMILES string of the molecule is Cc1cc(=O)c(C(=O)Nc2ccc(Br)nc2)c[nH]1. The maximum absolute atomic E-state index is 11.9. The summed E-state index contributed by atoms with van der Waals surface area (Å²) in [7, 11) is 0. The van der Waals surface area contributed by atoms with Crippen molar-refractivity contribution in [2.75, 3.05) is 5.32 Å². The summed E-state index contributed by atoms with van der Waals surface area (Å²) in [4.78, 5) is 30.3. The van der Waals surface area contributed by atoms with Gasteiger partial charge in [0, 0.05) is 18.0 Å². The van der Waals surface area contributed by atoms with Crippen molar-refractivity contribution < 1.29 is 4.79 Å². The number of pyridine rings is 2. The third-order valence-corrected chi connectivity index (χ3v) is 2.76. The fourth-order valence-electron chi connectivity index (χ4n) is 1.40. The highest BCUT2D eigenvalue weighted by molar-refractivity contribution is 9.10. The van der Waals surface area contributed by atoms with Crippen LogP contribution in [0.3, 0.4) is 0 Å². The molecule has 0 atom stereocenters. The Morgan fingerprint density at radius 3 is 2.83 bits per heavy atom. The summed E-state index contributed by atoms with van der Waals surface area (Å²) in [5.41, 5.74) is 1.00. The highest BCUT2D eigenvalue weighted by Gasteiger charge is 2.10. The topological polar surface area (TPSA) is 74.8 Å². The minimum atomic E-state index is -0.458. The molecule has 2 aromatic rings.